The number of amides is 1. The summed E-state index contributed by atoms with van der Waals surface area (Å²) in [6.45, 7) is 7.41. The highest BCUT2D eigenvalue weighted by Crippen LogP contribution is 2.18. The third-order valence-corrected chi connectivity index (χ3v) is 5.20. The van der Waals surface area contributed by atoms with Gasteiger partial charge in [0.2, 0.25) is 5.91 Å². The molecule has 0 radical (unpaired) electrons. The van der Waals surface area contributed by atoms with E-state index in [9.17, 15) is 4.79 Å². The fourth-order valence-corrected chi connectivity index (χ4v) is 3.44. The summed E-state index contributed by atoms with van der Waals surface area (Å²) in [5.74, 6) is 0.0750. The van der Waals surface area contributed by atoms with Crippen molar-refractivity contribution in [2.45, 2.75) is 19.9 Å². The van der Waals surface area contributed by atoms with Gasteiger partial charge in [0.1, 0.15) is 0 Å². The zero-order chi connectivity index (χ0) is 18.4. The molecule has 2 aromatic carbocycles. The molecule has 3 rings (SSSR count). The number of hydrogen-bond acceptors (Lipinski definition) is 3. The molecule has 1 amide bonds. The average Bonchev–Trinajstić information content (AvgIpc) is 2.66. The van der Waals surface area contributed by atoms with E-state index in [4.69, 9.17) is 11.6 Å². The Labute approximate surface area is 160 Å². The molecule has 1 aliphatic rings. The Kier molecular flexibility index (Phi) is 6.53. The zero-order valence-corrected chi connectivity index (χ0v) is 16.0. The molecule has 26 heavy (non-hydrogen) atoms. The molecular formula is C21H26ClN3O. The summed E-state index contributed by atoms with van der Waals surface area (Å²) in [5, 5.41) is 3.65. The van der Waals surface area contributed by atoms with Crippen molar-refractivity contribution in [3.8, 4) is 0 Å². The van der Waals surface area contributed by atoms with Gasteiger partial charge in [-0.05, 0) is 36.2 Å². The van der Waals surface area contributed by atoms with Crippen LogP contribution in [0.5, 0.6) is 0 Å². The highest BCUT2D eigenvalue weighted by molar-refractivity contribution is 6.31. The molecular weight excluding hydrogens is 346 g/mol. The van der Waals surface area contributed by atoms with Gasteiger partial charge < -0.3 is 10.2 Å². The molecule has 0 bridgehead atoms. The molecule has 0 aliphatic carbocycles. The number of rotatable bonds is 6. The van der Waals surface area contributed by atoms with E-state index in [1.54, 1.807) is 0 Å². The maximum absolute atomic E-state index is 12.1. The number of hydrogen-bond donors (Lipinski definition) is 1. The van der Waals surface area contributed by atoms with Gasteiger partial charge in [0.25, 0.3) is 0 Å². The predicted molar refractivity (Wildman–Crippen MR) is 108 cm³/mol. The van der Waals surface area contributed by atoms with Gasteiger partial charge in [-0.2, -0.15) is 0 Å². The van der Waals surface area contributed by atoms with E-state index in [0.29, 0.717) is 18.0 Å². The van der Waals surface area contributed by atoms with Crippen LogP contribution in [0.25, 0.3) is 0 Å². The van der Waals surface area contributed by atoms with Crippen LogP contribution in [0.15, 0.2) is 48.5 Å². The summed E-state index contributed by atoms with van der Waals surface area (Å²) in [6.07, 6.45) is 0.523. The lowest BCUT2D eigenvalue weighted by Crippen LogP contribution is -2.47. The van der Waals surface area contributed by atoms with Gasteiger partial charge in [0.05, 0.1) is 0 Å². The standard InChI is InChI=1S/C21H26ClN3O/c1-17-5-4-7-19(15-17)25-13-11-24(12-14-25)10-9-21(26)23-16-18-6-2-3-8-20(18)22/h2-8,15H,9-14,16H2,1H3,(H,23,26). The van der Waals surface area contributed by atoms with E-state index in [0.717, 1.165) is 38.3 Å². The maximum atomic E-state index is 12.1. The van der Waals surface area contributed by atoms with Crippen LogP contribution in [0.2, 0.25) is 5.02 Å². The first-order valence-electron chi connectivity index (χ1n) is 9.16. The second-order valence-corrected chi connectivity index (χ2v) is 7.19. The van der Waals surface area contributed by atoms with Gasteiger partial charge >= 0.3 is 0 Å². The summed E-state index contributed by atoms with van der Waals surface area (Å²) in [4.78, 5) is 16.9. The highest BCUT2D eigenvalue weighted by Gasteiger charge is 2.17. The summed E-state index contributed by atoms with van der Waals surface area (Å²) in [6, 6.07) is 16.2. The lowest BCUT2D eigenvalue weighted by atomic mass is 10.2. The average molecular weight is 372 g/mol. The van der Waals surface area contributed by atoms with Crippen molar-refractivity contribution in [3.63, 3.8) is 0 Å². The normalized spacial score (nSPS) is 15.1. The monoisotopic (exact) mass is 371 g/mol. The number of piperazine rings is 1. The second-order valence-electron chi connectivity index (χ2n) is 6.79. The molecule has 1 fully saturated rings. The van der Waals surface area contributed by atoms with Crippen molar-refractivity contribution in [2.24, 2.45) is 0 Å². The van der Waals surface area contributed by atoms with Crippen LogP contribution in [-0.2, 0) is 11.3 Å². The SMILES string of the molecule is Cc1cccc(N2CCN(CCC(=O)NCc3ccccc3Cl)CC2)c1. The molecule has 1 saturated heterocycles. The fraction of sp³-hybridized carbons (Fsp3) is 0.381. The van der Waals surface area contributed by atoms with Gasteiger partial charge in [-0.1, -0.05) is 41.9 Å². The van der Waals surface area contributed by atoms with Crippen LogP contribution < -0.4 is 10.2 Å². The Morgan fingerprint density at radius 2 is 1.85 bits per heavy atom. The Morgan fingerprint density at radius 1 is 1.08 bits per heavy atom. The molecule has 4 nitrogen and oxygen atoms in total. The van der Waals surface area contributed by atoms with Crippen LogP contribution in [0.3, 0.4) is 0 Å². The van der Waals surface area contributed by atoms with Gasteiger partial charge in [-0.3, -0.25) is 9.69 Å². The molecule has 5 heteroatoms. The van der Waals surface area contributed by atoms with Crippen molar-refractivity contribution >= 4 is 23.2 Å². The first-order chi connectivity index (χ1) is 12.6. The van der Waals surface area contributed by atoms with Crippen LogP contribution >= 0.6 is 11.6 Å². The fourth-order valence-electron chi connectivity index (χ4n) is 3.24. The molecule has 0 saturated carbocycles. The summed E-state index contributed by atoms with van der Waals surface area (Å²) in [5.41, 5.74) is 3.54. The van der Waals surface area contributed by atoms with Crippen LogP contribution in [0, 0.1) is 6.92 Å². The van der Waals surface area contributed by atoms with Gasteiger partial charge in [-0.25, -0.2) is 0 Å². The van der Waals surface area contributed by atoms with Crippen molar-refractivity contribution in [3.05, 3.63) is 64.7 Å². The van der Waals surface area contributed by atoms with Crippen LogP contribution in [0.4, 0.5) is 5.69 Å². The molecule has 138 valence electrons. The maximum Gasteiger partial charge on any atom is 0.221 e. The smallest absolute Gasteiger partial charge is 0.221 e. The number of nitrogens with zero attached hydrogens (tertiary/aromatic N) is 2. The molecule has 0 aromatic heterocycles. The van der Waals surface area contributed by atoms with Crippen LogP contribution in [0.1, 0.15) is 17.5 Å². The Balaban J connectivity index is 1.38. The second kappa shape index (κ2) is 9.06. The molecule has 1 heterocycles. The minimum Gasteiger partial charge on any atom is -0.369 e. The first-order valence-corrected chi connectivity index (χ1v) is 9.54. The van der Waals surface area contributed by atoms with E-state index >= 15 is 0 Å². The third kappa shape index (κ3) is 5.23. The van der Waals surface area contributed by atoms with Gasteiger partial charge in [0, 0.05) is 56.4 Å². The lowest BCUT2D eigenvalue weighted by Gasteiger charge is -2.36. The molecule has 0 unspecified atom stereocenters. The van der Waals surface area contributed by atoms with Crippen molar-refractivity contribution in [1.29, 1.82) is 0 Å². The highest BCUT2D eigenvalue weighted by atomic mass is 35.5. The molecule has 0 spiro atoms. The Morgan fingerprint density at radius 3 is 2.58 bits per heavy atom. The first kappa shape index (κ1) is 18.7. The number of carbonyl (C=O) groups excluding carboxylic acids is 1. The van der Waals surface area contributed by atoms with E-state index in [-0.39, 0.29) is 5.91 Å². The minimum atomic E-state index is 0.0750. The lowest BCUT2D eigenvalue weighted by molar-refractivity contribution is -0.121. The minimum absolute atomic E-state index is 0.0750. The number of benzene rings is 2. The molecule has 2 aromatic rings. The Hall–Kier alpha value is -2.04. The molecule has 0 atom stereocenters. The van der Waals surface area contributed by atoms with Gasteiger partial charge in [0.15, 0.2) is 0 Å². The van der Waals surface area contributed by atoms with E-state index < -0.39 is 0 Å². The topological polar surface area (TPSA) is 35.6 Å². The number of anilines is 1. The van der Waals surface area contributed by atoms with Gasteiger partial charge in [-0.15, -0.1) is 0 Å². The van der Waals surface area contributed by atoms with E-state index in [1.165, 1.54) is 11.3 Å². The Bertz CT molecular complexity index is 742. The van der Waals surface area contributed by atoms with Crippen molar-refractivity contribution in [1.82, 2.24) is 10.2 Å². The number of aryl methyl sites for hydroxylation is 1. The third-order valence-electron chi connectivity index (χ3n) is 4.83. The van der Waals surface area contributed by atoms with Crippen molar-refractivity contribution in [2.75, 3.05) is 37.6 Å². The predicted octanol–water partition coefficient (Wildman–Crippen LogP) is 3.48. The van der Waals surface area contributed by atoms with Crippen molar-refractivity contribution < 1.29 is 4.79 Å². The largest absolute Gasteiger partial charge is 0.369 e. The number of nitrogens with one attached hydrogen (secondary N) is 1. The van der Waals surface area contributed by atoms with E-state index in [1.807, 2.05) is 24.3 Å². The molecule has 1 N–H and O–H groups in total. The summed E-state index contributed by atoms with van der Waals surface area (Å²) < 4.78 is 0. The number of halogens is 1. The quantitative estimate of drug-likeness (QED) is 0.844. The molecule has 1 aliphatic heterocycles. The zero-order valence-electron chi connectivity index (χ0n) is 15.2. The summed E-state index contributed by atoms with van der Waals surface area (Å²) >= 11 is 6.12. The van der Waals surface area contributed by atoms with E-state index in [2.05, 4.69) is 46.3 Å². The number of carbonyl (C=O) groups is 1. The van der Waals surface area contributed by atoms with Crippen LogP contribution in [-0.4, -0.2) is 43.5 Å². The summed E-state index contributed by atoms with van der Waals surface area (Å²) in [7, 11) is 0.